The number of anilines is 1. The lowest BCUT2D eigenvalue weighted by Gasteiger charge is -2.39. The number of nitrogen functional groups attached to an aromatic ring is 1. The number of Topliss-reactive ketones (excluding diaryl/α,β-unsaturated/α-hetero) is 1. The fourth-order valence-corrected chi connectivity index (χ4v) is 6.64. The number of sulfone groups is 1. The van der Waals surface area contributed by atoms with Gasteiger partial charge < -0.3 is 15.1 Å². The number of benzene rings is 3. The number of aromatic amines is 1. The van der Waals surface area contributed by atoms with Crippen molar-refractivity contribution in [3.8, 4) is 0 Å². The molecular weight excluding hydrogens is 539 g/mol. The van der Waals surface area contributed by atoms with Gasteiger partial charge in [0.25, 0.3) is 0 Å². The Morgan fingerprint density at radius 3 is 2.25 bits per heavy atom. The van der Waals surface area contributed by atoms with Crippen LogP contribution in [0.3, 0.4) is 0 Å². The van der Waals surface area contributed by atoms with Crippen LogP contribution < -0.4 is 5.73 Å². The topological polar surface area (TPSA) is 115 Å². The zero-order valence-corrected chi connectivity index (χ0v) is 26.1. The summed E-state index contributed by atoms with van der Waals surface area (Å²) in [6.07, 6.45) is -0.479. The van der Waals surface area contributed by atoms with E-state index < -0.39 is 29.5 Å². The second kappa shape index (κ2) is 11.0. The third-order valence-corrected chi connectivity index (χ3v) is 14.4. The Labute approximate surface area is 238 Å². The molecule has 0 fully saturated rings. The van der Waals surface area contributed by atoms with E-state index in [1.165, 1.54) is 6.07 Å². The Balaban J connectivity index is 1.87. The molecule has 212 valence electrons. The zero-order chi connectivity index (χ0) is 29.5. The fraction of sp³-hybridized carbons (Fsp3) is 0.355. The Hall–Kier alpha value is -3.27. The zero-order valence-electron chi connectivity index (χ0n) is 24.3. The minimum Gasteiger partial charge on any atom is -0.403 e. The number of fused-ring (bicyclic) bond motifs is 1. The summed E-state index contributed by atoms with van der Waals surface area (Å²) in [6, 6.07) is 20.0. The van der Waals surface area contributed by atoms with E-state index in [1.54, 1.807) is 19.9 Å². The number of hydrogen-bond acceptors (Lipinski definition) is 6. The second-order valence-corrected chi connectivity index (χ2v) is 19.3. The number of carbonyl (C=O) groups is 1. The fourth-order valence-electron chi connectivity index (χ4n) is 4.23. The smallest absolute Gasteiger partial charge is 0.195 e. The van der Waals surface area contributed by atoms with E-state index in [1.807, 2.05) is 54.6 Å². The summed E-state index contributed by atoms with van der Waals surface area (Å²) in [5.74, 6) is 0.274. The summed E-state index contributed by atoms with van der Waals surface area (Å²) >= 11 is 0. The summed E-state index contributed by atoms with van der Waals surface area (Å²) in [7, 11) is -6.15. The third-order valence-electron chi connectivity index (χ3n) is 7.78. The Kier molecular flexibility index (Phi) is 8.13. The summed E-state index contributed by atoms with van der Waals surface area (Å²) in [5.41, 5.74) is 9.43. The number of nitrogens with two attached hydrogens (primary N) is 1. The van der Waals surface area contributed by atoms with Crippen LogP contribution in [0.25, 0.3) is 11.0 Å². The molecule has 9 heteroatoms. The maximum Gasteiger partial charge on any atom is 0.195 e. The summed E-state index contributed by atoms with van der Waals surface area (Å²) in [5, 5.41) is -0.826. The first kappa shape index (κ1) is 29.7. The molecule has 0 aliphatic heterocycles. The van der Waals surface area contributed by atoms with Crippen LogP contribution in [0.4, 0.5) is 5.69 Å². The molecule has 0 aliphatic rings. The summed E-state index contributed by atoms with van der Waals surface area (Å²) in [6.45, 7) is 13.8. The van der Waals surface area contributed by atoms with Crippen LogP contribution in [0.2, 0.25) is 18.1 Å². The maximum atomic E-state index is 14.2. The highest BCUT2D eigenvalue weighted by molar-refractivity contribution is 7.92. The van der Waals surface area contributed by atoms with Crippen molar-refractivity contribution in [2.24, 2.45) is 0 Å². The van der Waals surface area contributed by atoms with E-state index in [2.05, 4.69) is 43.8 Å². The average Bonchev–Trinajstić information content (AvgIpc) is 3.29. The van der Waals surface area contributed by atoms with Crippen molar-refractivity contribution in [1.29, 1.82) is 0 Å². The molecule has 3 N–H and O–H groups in total. The van der Waals surface area contributed by atoms with E-state index in [0.29, 0.717) is 29.0 Å². The quantitative estimate of drug-likeness (QED) is 0.128. The van der Waals surface area contributed by atoms with Crippen LogP contribution in [0.5, 0.6) is 0 Å². The van der Waals surface area contributed by atoms with Crippen molar-refractivity contribution in [3.05, 3.63) is 89.2 Å². The highest BCUT2D eigenvalue weighted by atomic mass is 32.2. The van der Waals surface area contributed by atoms with Gasteiger partial charge in [0.05, 0.1) is 15.7 Å². The number of ketones is 1. The lowest BCUT2D eigenvalue weighted by Crippen LogP contribution is -2.43. The first-order chi connectivity index (χ1) is 18.6. The van der Waals surface area contributed by atoms with Gasteiger partial charge in [-0.25, -0.2) is 13.4 Å². The highest BCUT2D eigenvalue weighted by Gasteiger charge is 2.41. The average molecular weight is 578 g/mol. The molecule has 0 bridgehead atoms. The number of para-hydroxylation sites is 1. The molecule has 4 rings (SSSR count). The molecule has 0 aliphatic carbocycles. The monoisotopic (exact) mass is 577 g/mol. The van der Waals surface area contributed by atoms with Crippen molar-refractivity contribution in [2.45, 2.75) is 75.4 Å². The van der Waals surface area contributed by atoms with Crippen LogP contribution >= 0.6 is 0 Å². The molecule has 0 spiro atoms. The molecule has 0 saturated carbocycles. The predicted molar refractivity (Wildman–Crippen MR) is 164 cm³/mol. The minimum absolute atomic E-state index is 0.0334. The number of carbonyl (C=O) groups excluding carboxylic acids is 1. The van der Waals surface area contributed by atoms with E-state index in [0.717, 1.165) is 11.1 Å². The Morgan fingerprint density at radius 2 is 1.65 bits per heavy atom. The van der Waals surface area contributed by atoms with E-state index in [9.17, 15) is 13.2 Å². The number of aromatic nitrogens is 2. The Morgan fingerprint density at radius 1 is 1.02 bits per heavy atom. The number of imidazole rings is 1. The van der Waals surface area contributed by atoms with Gasteiger partial charge in [-0.3, -0.25) is 4.79 Å². The van der Waals surface area contributed by atoms with Gasteiger partial charge in [-0.2, -0.15) is 0 Å². The predicted octanol–water partition coefficient (Wildman–Crippen LogP) is 6.86. The number of rotatable bonds is 9. The van der Waals surface area contributed by atoms with Crippen LogP contribution in [0.1, 0.15) is 68.0 Å². The minimum atomic E-state index is -3.77. The molecule has 1 aromatic heterocycles. The van der Waals surface area contributed by atoms with Crippen LogP contribution in [-0.4, -0.2) is 37.7 Å². The first-order valence-electron chi connectivity index (χ1n) is 13.5. The first-order valence-corrected chi connectivity index (χ1v) is 17.9. The molecule has 1 atom stereocenters. The van der Waals surface area contributed by atoms with Gasteiger partial charge in [0.1, 0.15) is 17.4 Å². The van der Waals surface area contributed by atoms with Gasteiger partial charge in [0.2, 0.25) is 0 Å². The third kappa shape index (κ3) is 5.91. The standard InChI is InChI=1S/C31H39N3O4SSi/c1-20(2)39(36,37)26-18-23(17-25-28(26)34-27(33-25)19-22-15-11-12-16-24(22)32)29(35)30(21-13-9-8-10-14-21)38-40(6,7)31(3,4)5/h8-18,20,30H,19,32H2,1-7H3,(H,33,34). The van der Waals surface area contributed by atoms with Crippen molar-refractivity contribution in [2.75, 3.05) is 5.73 Å². The lowest BCUT2D eigenvalue weighted by atomic mass is 9.99. The van der Waals surface area contributed by atoms with E-state index in [-0.39, 0.29) is 21.3 Å². The van der Waals surface area contributed by atoms with E-state index >= 15 is 0 Å². The molecule has 1 unspecified atom stereocenters. The van der Waals surface area contributed by atoms with Crippen LogP contribution in [-0.2, 0) is 20.7 Å². The van der Waals surface area contributed by atoms with Crippen molar-refractivity contribution in [3.63, 3.8) is 0 Å². The van der Waals surface area contributed by atoms with E-state index in [4.69, 9.17) is 10.2 Å². The number of H-pyrrole nitrogens is 1. The van der Waals surface area contributed by atoms with Crippen molar-refractivity contribution < 1.29 is 17.6 Å². The molecule has 3 aromatic carbocycles. The van der Waals surface area contributed by atoms with Gasteiger partial charge >= 0.3 is 0 Å². The summed E-state index contributed by atoms with van der Waals surface area (Å²) in [4.78, 5) is 22.2. The largest absolute Gasteiger partial charge is 0.403 e. The van der Waals surface area contributed by atoms with Gasteiger partial charge in [0.15, 0.2) is 23.9 Å². The van der Waals surface area contributed by atoms with Gasteiger partial charge in [-0.05, 0) is 61.3 Å². The van der Waals surface area contributed by atoms with Crippen molar-refractivity contribution >= 4 is 40.7 Å². The molecule has 0 radical (unpaired) electrons. The normalized spacial score (nSPS) is 13.6. The molecule has 7 nitrogen and oxygen atoms in total. The lowest BCUT2D eigenvalue weighted by molar-refractivity contribution is 0.0767. The van der Waals surface area contributed by atoms with Gasteiger partial charge in [0, 0.05) is 17.7 Å². The van der Waals surface area contributed by atoms with Gasteiger partial charge in [-0.1, -0.05) is 69.3 Å². The molecule has 4 aromatic rings. The number of hydrogen-bond donors (Lipinski definition) is 2. The van der Waals surface area contributed by atoms with Crippen LogP contribution in [0, 0.1) is 0 Å². The summed E-state index contributed by atoms with van der Waals surface area (Å²) < 4.78 is 33.8. The highest BCUT2D eigenvalue weighted by Crippen LogP contribution is 2.41. The van der Waals surface area contributed by atoms with Crippen molar-refractivity contribution in [1.82, 2.24) is 9.97 Å². The number of nitrogens with zero attached hydrogens (tertiary/aromatic N) is 1. The second-order valence-electron chi connectivity index (χ2n) is 12.1. The SMILES string of the molecule is CC(C)S(=O)(=O)c1cc(C(=O)C(O[Si](C)(C)C(C)(C)C)c2ccccc2)cc2[nH]c(Cc3ccccc3N)nc12. The van der Waals surface area contributed by atoms with Gasteiger partial charge in [-0.15, -0.1) is 0 Å². The molecular formula is C31H39N3O4SSi. The molecule has 0 amide bonds. The molecule has 1 heterocycles. The Bertz CT molecular complexity index is 1640. The molecule has 0 saturated heterocycles. The molecule has 40 heavy (non-hydrogen) atoms. The maximum absolute atomic E-state index is 14.2. The van der Waals surface area contributed by atoms with Crippen LogP contribution in [0.15, 0.2) is 71.6 Å². The number of nitrogens with one attached hydrogen (secondary N) is 1.